The molecule has 0 bridgehead atoms. The third kappa shape index (κ3) is 7.62. The smallest absolute Gasteiger partial charge is 0.487 e. The van der Waals surface area contributed by atoms with Crippen LogP contribution < -0.4 is 30.7 Å². The van der Waals surface area contributed by atoms with Crippen LogP contribution in [0.1, 0.15) is 0 Å². The van der Waals surface area contributed by atoms with Crippen LogP contribution in [0.5, 0.6) is 11.5 Å². The maximum Gasteiger partial charge on any atom is 0.493 e. The lowest BCUT2D eigenvalue weighted by Crippen LogP contribution is -2.36. The van der Waals surface area contributed by atoms with Gasteiger partial charge in [0.2, 0.25) is 5.95 Å². The third-order valence-corrected chi connectivity index (χ3v) is 5.62. The number of carbonyl (C=O) groups excluding carboxylic acids is 1. The molecule has 0 saturated heterocycles. The summed E-state index contributed by atoms with van der Waals surface area (Å²) < 4.78 is 79.3. The molecule has 0 unspecified atom stereocenters. The minimum atomic E-state index is -5.36. The Balaban J connectivity index is 1.59. The Labute approximate surface area is 244 Å². The van der Waals surface area contributed by atoms with Gasteiger partial charge in [-0.3, -0.25) is 0 Å². The summed E-state index contributed by atoms with van der Waals surface area (Å²) in [6, 6.07) is 6.63. The van der Waals surface area contributed by atoms with Gasteiger partial charge in [-0.15, -0.1) is 0 Å². The number of aromatic nitrogens is 3. The van der Waals surface area contributed by atoms with Crippen molar-refractivity contribution in [2.24, 2.45) is 0 Å². The van der Waals surface area contributed by atoms with E-state index in [2.05, 4.69) is 25.4 Å². The number of halogens is 5. The molecule has 2 heterocycles. The van der Waals surface area contributed by atoms with Gasteiger partial charge in [0.25, 0.3) is 0 Å². The van der Waals surface area contributed by atoms with Gasteiger partial charge in [-0.05, 0) is 30.3 Å². The summed E-state index contributed by atoms with van der Waals surface area (Å²) in [5.74, 6) is -4.98. The van der Waals surface area contributed by atoms with Crippen molar-refractivity contribution in [3.05, 3.63) is 57.9 Å². The number of rotatable bonds is 13. The number of nitrogens with zero attached hydrogens (tertiary/aromatic N) is 3. The number of oxazole rings is 1. The van der Waals surface area contributed by atoms with Crippen molar-refractivity contribution in [1.82, 2.24) is 14.7 Å². The van der Waals surface area contributed by atoms with E-state index in [1.54, 1.807) is 0 Å². The molecular weight excluding hydrogens is 610 g/mol. The van der Waals surface area contributed by atoms with E-state index in [1.807, 2.05) is 0 Å². The van der Waals surface area contributed by atoms with Gasteiger partial charge in [-0.2, -0.15) is 18.2 Å². The minimum absolute atomic E-state index is 0.00433. The highest BCUT2D eigenvalue weighted by atomic mass is 35.5. The zero-order chi connectivity index (χ0) is 31.1. The van der Waals surface area contributed by atoms with Gasteiger partial charge in [0, 0.05) is 19.9 Å². The van der Waals surface area contributed by atoms with Gasteiger partial charge in [0.15, 0.2) is 28.7 Å². The highest BCUT2D eigenvalue weighted by Crippen LogP contribution is 2.36. The molecule has 4 aromatic rings. The highest BCUT2D eigenvalue weighted by Gasteiger charge is 2.42. The Hall–Kier alpha value is -4.61. The van der Waals surface area contributed by atoms with E-state index in [-0.39, 0.29) is 81.9 Å². The summed E-state index contributed by atoms with van der Waals surface area (Å²) in [6.07, 6.45) is -4.16. The van der Waals surface area contributed by atoms with Crippen molar-refractivity contribution in [2.45, 2.75) is 6.18 Å². The fraction of sp³-hybridized carbons (Fsp3) is 0.280. The Bertz CT molecular complexity index is 1660. The van der Waals surface area contributed by atoms with Crippen LogP contribution >= 0.6 is 11.6 Å². The van der Waals surface area contributed by atoms with Crippen LogP contribution in [0, 0.1) is 5.82 Å². The van der Waals surface area contributed by atoms with Crippen molar-refractivity contribution in [3.8, 4) is 11.5 Å². The summed E-state index contributed by atoms with van der Waals surface area (Å²) in [5, 5.41) is 5.52. The van der Waals surface area contributed by atoms with Crippen LogP contribution in [-0.2, 0) is 14.3 Å². The Morgan fingerprint density at radius 2 is 1.77 bits per heavy atom. The fourth-order valence-corrected chi connectivity index (χ4v) is 3.55. The molecule has 4 rings (SSSR count). The number of fused-ring (bicyclic) bond motifs is 1. The molecule has 0 aliphatic rings. The number of hydrogen-bond donors (Lipinski definition) is 2. The molecule has 13 nitrogen and oxygen atoms in total. The standard InChI is InChI=1S/C25H22ClF4N5O8/c1-38-7-9-40-18-6-4-15(19(27)20(18)41-10-8-39-2)33-23-31-12-14(26)21(34-23)32-13-3-5-17-16(11-13)35(24(37)42-17)43-22(36)25(28,29)30/h3-6,11-12H,7-10H2,1-2H3,(H2,31,32,33,34). The van der Waals surface area contributed by atoms with Gasteiger partial charge in [-0.25, -0.2) is 19.0 Å². The molecular formula is C25H22ClF4N5O8. The van der Waals surface area contributed by atoms with E-state index in [0.717, 1.165) is 6.07 Å². The van der Waals surface area contributed by atoms with E-state index < -0.39 is 23.7 Å². The van der Waals surface area contributed by atoms with Crippen LogP contribution in [0.3, 0.4) is 0 Å². The first-order chi connectivity index (χ1) is 20.5. The first kappa shape index (κ1) is 31.3. The van der Waals surface area contributed by atoms with E-state index in [4.69, 9.17) is 35.0 Å². The van der Waals surface area contributed by atoms with Crippen molar-refractivity contribution < 1.29 is 50.6 Å². The Morgan fingerprint density at radius 3 is 2.47 bits per heavy atom. The minimum Gasteiger partial charge on any atom is -0.487 e. The highest BCUT2D eigenvalue weighted by molar-refractivity contribution is 6.32. The molecule has 0 aliphatic heterocycles. The number of alkyl halides is 3. The number of methoxy groups -OCH3 is 2. The monoisotopic (exact) mass is 631 g/mol. The lowest BCUT2D eigenvalue weighted by atomic mass is 10.2. The lowest BCUT2D eigenvalue weighted by Gasteiger charge is -2.16. The second kappa shape index (κ2) is 13.6. The van der Waals surface area contributed by atoms with Crippen LogP contribution in [-0.4, -0.2) is 67.5 Å². The second-order valence-corrected chi connectivity index (χ2v) is 8.71. The summed E-state index contributed by atoms with van der Waals surface area (Å²) in [7, 11) is 2.96. The number of hydrogen-bond acceptors (Lipinski definition) is 12. The van der Waals surface area contributed by atoms with E-state index >= 15 is 4.39 Å². The molecule has 0 atom stereocenters. The summed E-state index contributed by atoms with van der Waals surface area (Å²) in [5.41, 5.74) is -0.397. The molecule has 2 aromatic heterocycles. The molecule has 0 radical (unpaired) electrons. The molecule has 0 aliphatic carbocycles. The van der Waals surface area contributed by atoms with Crippen LogP contribution in [0.2, 0.25) is 5.02 Å². The average Bonchev–Trinajstić information content (AvgIpc) is 3.27. The van der Waals surface area contributed by atoms with Gasteiger partial charge >= 0.3 is 17.9 Å². The van der Waals surface area contributed by atoms with Crippen LogP contribution in [0.25, 0.3) is 11.1 Å². The van der Waals surface area contributed by atoms with E-state index in [9.17, 15) is 22.8 Å². The maximum absolute atomic E-state index is 15.5. The van der Waals surface area contributed by atoms with Crippen molar-refractivity contribution >= 4 is 51.8 Å². The van der Waals surface area contributed by atoms with Gasteiger partial charge in [0.05, 0.1) is 25.1 Å². The zero-order valence-corrected chi connectivity index (χ0v) is 23.0. The fourth-order valence-electron chi connectivity index (χ4n) is 3.41. The number of carbonyl (C=O) groups is 1. The maximum atomic E-state index is 15.5. The zero-order valence-electron chi connectivity index (χ0n) is 22.3. The lowest BCUT2D eigenvalue weighted by molar-refractivity contribution is -0.200. The summed E-state index contributed by atoms with van der Waals surface area (Å²) in [4.78, 5) is 35.6. The average molecular weight is 632 g/mol. The molecule has 2 N–H and O–H groups in total. The van der Waals surface area contributed by atoms with Crippen LogP contribution in [0.15, 0.2) is 45.7 Å². The molecule has 0 spiro atoms. The summed E-state index contributed by atoms with van der Waals surface area (Å²) in [6.45, 7) is 0.630. The predicted octanol–water partition coefficient (Wildman–Crippen LogP) is 4.23. The van der Waals surface area contributed by atoms with Crippen molar-refractivity contribution in [2.75, 3.05) is 51.3 Å². The van der Waals surface area contributed by atoms with Crippen molar-refractivity contribution in [1.29, 1.82) is 0 Å². The van der Waals surface area contributed by atoms with E-state index in [0.29, 0.717) is 0 Å². The topological polar surface area (TPSA) is 148 Å². The van der Waals surface area contributed by atoms with Crippen molar-refractivity contribution in [3.63, 3.8) is 0 Å². The quantitative estimate of drug-likeness (QED) is 0.161. The van der Waals surface area contributed by atoms with Gasteiger partial charge < -0.3 is 38.8 Å². The SMILES string of the molecule is COCCOc1ccc(Nc2ncc(Cl)c(Nc3ccc4oc(=O)n(OC(=O)C(F)(F)F)c4c3)n2)c(F)c1OCCOC. The second-order valence-electron chi connectivity index (χ2n) is 8.30. The number of nitrogens with one attached hydrogen (secondary N) is 2. The molecule has 0 fully saturated rings. The number of anilines is 4. The normalized spacial score (nSPS) is 11.4. The summed E-state index contributed by atoms with van der Waals surface area (Å²) >= 11 is 6.21. The number of ether oxygens (including phenoxy) is 4. The molecule has 2 aromatic carbocycles. The third-order valence-electron chi connectivity index (χ3n) is 5.34. The molecule has 43 heavy (non-hydrogen) atoms. The van der Waals surface area contributed by atoms with Crippen LogP contribution in [0.4, 0.5) is 40.7 Å². The first-order valence-corrected chi connectivity index (χ1v) is 12.5. The Morgan fingerprint density at radius 1 is 1.05 bits per heavy atom. The Kier molecular flexibility index (Phi) is 9.89. The van der Waals surface area contributed by atoms with E-state index in [1.165, 1.54) is 44.7 Å². The molecule has 0 saturated carbocycles. The molecule has 18 heteroatoms. The number of benzene rings is 2. The first-order valence-electron chi connectivity index (χ1n) is 12.1. The van der Waals surface area contributed by atoms with Gasteiger partial charge in [-0.1, -0.05) is 16.3 Å². The largest absolute Gasteiger partial charge is 0.493 e. The van der Waals surface area contributed by atoms with Gasteiger partial charge in [0.1, 0.15) is 23.8 Å². The molecule has 0 amide bonds. The molecule has 230 valence electrons. The predicted molar refractivity (Wildman–Crippen MR) is 143 cm³/mol.